The van der Waals surface area contributed by atoms with Gasteiger partial charge in [-0.3, -0.25) is 4.79 Å². The third kappa shape index (κ3) is 5.34. The molecule has 1 fully saturated rings. The maximum Gasteiger partial charge on any atom is 0.534 e. The van der Waals surface area contributed by atoms with Gasteiger partial charge in [-0.2, -0.15) is 21.6 Å². The average molecular weight is 395 g/mol. The lowest BCUT2D eigenvalue weighted by molar-refractivity contribution is -0.886. The summed E-state index contributed by atoms with van der Waals surface area (Å²) in [6.07, 6.45) is 2.41. The average Bonchev–Trinajstić information content (AvgIpc) is 3.07. The molecule has 10 heteroatoms. The van der Waals surface area contributed by atoms with Gasteiger partial charge in [-0.25, -0.2) is 0 Å². The van der Waals surface area contributed by atoms with Gasteiger partial charge in [0.15, 0.2) is 0 Å². The van der Waals surface area contributed by atoms with E-state index in [1.54, 1.807) is 6.92 Å². The summed E-state index contributed by atoms with van der Waals surface area (Å²) >= 11 is 0. The van der Waals surface area contributed by atoms with Crippen LogP contribution in [0.3, 0.4) is 0 Å². The summed E-state index contributed by atoms with van der Waals surface area (Å²) in [5.74, 6) is -1.17. The van der Waals surface area contributed by atoms with Crippen molar-refractivity contribution in [1.82, 2.24) is 5.32 Å². The molecule has 2 rings (SSSR count). The summed E-state index contributed by atoms with van der Waals surface area (Å²) in [5.41, 5.74) is -4.94. The zero-order valence-corrected chi connectivity index (χ0v) is 15.1. The molecule has 6 nitrogen and oxygen atoms in total. The van der Waals surface area contributed by atoms with Crippen molar-refractivity contribution < 1.29 is 35.5 Å². The van der Waals surface area contributed by atoms with Crippen LogP contribution in [-0.2, 0) is 14.9 Å². The predicted molar refractivity (Wildman–Crippen MR) is 88.3 cm³/mol. The van der Waals surface area contributed by atoms with Crippen LogP contribution in [0, 0.1) is 0 Å². The van der Waals surface area contributed by atoms with Gasteiger partial charge >= 0.3 is 15.6 Å². The van der Waals surface area contributed by atoms with Crippen LogP contribution >= 0.6 is 0 Å². The number of benzene rings is 1. The van der Waals surface area contributed by atoms with Crippen LogP contribution in [0.15, 0.2) is 24.3 Å². The van der Waals surface area contributed by atoms with Gasteiger partial charge in [0.05, 0.1) is 32.1 Å². The van der Waals surface area contributed by atoms with Crippen molar-refractivity contribution in [3.63, 3.8) is 0 Å². The highest BCUT2D eigenvalue weighted by Gasteiger charge is 2.48. The standard InChI is InChI=1S/C16H21F3N2O4S/c1-12(15(22)20-8-11-21-9-2-3-10-21)13-4-6-14(7-5-13)25-26(23,24)16(17,18)19/h4-7,12H,2-3,8-11H2,1H3,(H,20,22)/p+1/t12-/m1/s1. The Labute approximate surface area is 150 Å². The van der Waals surface area contributed by atoms with Gasteiger partial charge in [0.1, 0.15) is 5.75 Å². The molecule has 1 saturated heterocycles. The second kappa shape index (κ2) is 8.26. The molecule has 1 heterocycles. The number of hydrogen-bond donors (Lipinski definition) is 2. The van der Waals surface area contributed by atoms with Gasteiger partial charge in [-0.15, -0.1) is 0 Å². The Morgan fingerprint density at radius 3 is 2.35 bits per heavy atom. The fourth-order valence-corrected chi connectivity index (χ4v) is 3.24. The smallest absolute Gasteiger partial charge is 0.376 e. The normalized spacial score (nSPS) is 17.1. The van der Waals surface area contributed by atoms with Crippen LogP contribution in [0.4, 0.5) is 13.2 Å². The van der Waals surface area contributed by atoms with Crippen molar-refractivity contribution in [1.29, 1.82) is 0 Å². The molecule has 1 aromatic carbocycles. The molecule has 2 N–H and O–H groups in total. The van der Waals surface area contributed by atoms with Gasteiger partial charge < -0.3 is 14.4 Å². The summed E-state index contributed by atoms with van der Waals surface area (Å²) < 4.78 is 62.8. The first-order valence-electron chi connectivity index (χ1n) is 8.32. The second-order valence-corrected chi connectivity index (χ2v) is 7.81. The van der Waals surface area contributed by atoms with Crippen molar-refractivity contribution in [2.45, 2.75) is 31.2 Å². The molecule has 0 unspecified atom stereocenters. The third-order valence-corrected chi connectivity index (χ3v) is 5.33. The van der Waals surface area contributed by atoms with E-state index in [2.05, 4.69) is 9.50 Å². The lowest BCUT2D eigenvalue weighted by Crippen LogP contribution is -3.10. The van der Waals surface area contributed by atoms with E-state index in [0.717, 1.165) is 31.8 Å². The Bertz CT molecular complexity index is 714. The summed E-state index contributed by atoms with van der Waals surface area (Å²) in [4.78, 5) is 13.6. The summed E-state index contributed by atoms with van der Waals surface area (Å²) in [7, 11) is -5.70. The molecule has 0 aromatic heterocycles. The van der Waals surface area contributed by atoms with Gasteiger partial charge in [0.25, 0.3) is 0 Å². The van der Waals surface area contributed by atoms with E-state index in [-0.39, 0.29) is 5.91 Å². The number of rotatable bonds is 7. The van der Waals surface area contributed by atoms with Crippen molar-refractivity contribution in [2.24, 2.45) is 0 Å². The highest BCUT2D eigenvalue weighted by atomic mass is 32.2. The Morgan fingerprint density at radius 2 is 1.81 bits per heavy atom. The molecule has 0 spiro atoms. The first-order valence-corrected chi connectivity index (χ1v) is 9.73. The molecule has 146 valence electrons. The van der Waals surface area contributed by atoms with E-state index in [0.29, 0.717) is 12.1 Å². The van der Waals surface area contributed by atoms with Gasteiger partial charge in [-0.05, 0) is 24.6 Å². The van der Waals surface area contributed by atoms with E-state index >= 15 is 0 Å². The van der Waals surface area contributed by atoms with E-state index < -0.39 is 27.3 Å². The molecule has 1 aliphatic rings. The number of quaternary nitrogens is 1. The van der Waals surface area contributed by atoms with E-state index in [4.69, 9.17) is 0 Å². The molecular formula is C16H22F3N2O4S+. The molecule has 1 aromatic rings. The number of carbonyl (C=O) groups is 1. The molecule has 0 bridgehead atoms. The van der Waals surface area contributed by atoms with Crippen LogP contribution in [0.2, 0.25) is 0 Å². The quantitative estimate of drug-likeness (QED) is 0.529. The zero-order chi connectivity index (χ0) is 19.4. The van der Waals surface area contributed by atoms with Gasteiger partial charge in [0.2, 0.25) is 5.91 Å². The minimum Gasteiger partial charge on any atom is -0.376 e. The Kier molecular flexibility index (Phi) is 6.51. The molecule has 0 saturated carbocycles. The molecular weight excluding hydrogens is 373 g/mol. The maximum absolute atomic E-state index is 12.3. The lowest BCUT2D eigenvalue weighted by atomic mass is 10.0. The number of hydrogen-bond acceptors (Lipinski definition) is 4. The van der Waals surface area contributed by atoms with Crippen molar-refractivity contribution in [2.75, 3.05) is 26.2 Å². The first kappa shape index (κ1) is 20.5. The highest BCUT2D eigenvalue weighted by molar-refractivity contribution is 7.88. The number of alkyl halides is 3. The molecule has 1 amide bonds. The topological polar surface area (TPSA) is 76.9 Å². The van der Waals surface area contributed by atoms with Crippen LogP contribution in [0.5, 0.6) is 5.75 Å². The van der Waals surface area contributed by atoms with Crippen LogP contribution < -0.4 is 14.4 Å². The molecule has 0 aliphatic carbocycles. The largest absolute Gasteiger partial charge is 0.534 e. The Balaban J connectivity index is 1.89. The predicted octanol–water partition coefficient (Wildman–Crippen LogP) is 0.813. The third-order valence-electron chi connectivity index (χ3n) is 4.35. The summed E-state index contributed by atoms with van der Waals surface area (Å²) in [5, 5.41) is 2.84. The Morgan fingerprint density at radius 1 is 1.23 bits per heavy atom. The molecule has 1 aliphatic heterocycles. The summed E-state index contributed by atoms with van der Waals surface area (Å²) in [6, 6.07) is 4.93. The van der Waals surface area contributed by atoms with Gasteiger partial charge in [0, 0.05) is 12.8 Å². The van der Waals surface area contributed by atoms with E-state index in [1.807, 2.05) is 0 Å². The number of halogens is 3. The first-order chi connectivity index (χ1) is 12.1. The van der Waals surface area contributed by atoms with Crippen LogP contribution in [-0.4, -0.2) is 46.0 Å². The van der Waals surface area contributed by atoms with Gasteiger partial charge in [-0.1, -0.05) is 12.1 Å². The van der Waals surface area contributed by atoms with Crippen molar-refractivity contribution in [3.05, 3.63) is 29.8 Å². The lowest BCUT2D eigenvalue weighted by Gasteiger charge is -2.16. The summed E-state index contributed by atoms with van der Waals surface area (Å²) in [6.45, 7) is 5.33. The fourth-order valence-electron chi connectivity index (χ4n) is 2.78. The van der Waals surface area contributed by atoms with Crippen LogP contribution in [0.1, 0.15) is 31.2 Å². The molecule has 0 radical (unpaired) electrons. The van der Waals surface area contributed by atoms with E-state index in [9.17, 15) is 26.4 Å². The number of nitrogens with one attached hydrogen (secondary N) is 2. The van der Waals surface area contributed by atoms with Crippen LogP contribution in [0.25, 0.3) is 0 Å². The molecule has 1 atom stereocenters. The second-order valence-electron chi connectivity index (χ2n) is 6.27. The fraction of sp³-hybridized carbons (Fsp3) is 0.562. The SMILES string of the molecule is C[C@@H](C(=O)NCC[NH+]1CCCC1)c1ccc(OS(=O)(=O)C(F)(F)F)cc1. The van der Waals surface area contributed by atoms with Crippen molar-refractivity contribution >= 4 is 16.0 Å². The highest BCUT2D eigenvalue weighted by Crippen LogP contribution is 2.27. The monoisotopic (exact) mass is 395 g/mol. The number of amides is 1. The number of likely N-dealkylation sites (tertiary alicyclic amines) is 1. The minimum atomic E-state index is -5.70. The van der Waals surface area contributed by atoms with E-state index in [1.165, 1.54) is 29.9 Å². The number of carbonyl (C=O) groups excluding carboxylic acids is 1. The Hall–Kier alpha value is -1.81. The zero-order valence-electron chi connectivity index (χ0n) is 14.3. The molecule has 26 heavy (non-hydrogen) atoms. The minimum absolute atomic E-state index is 0.194. The maximum atomic E-state index is 12.3. The van der Waals surface area contributed by atoms with Crippen molar-refractivity contribution in [3.8, 4) is 5.75 Å².